The van der Waals surface area contributed by atoms with Gasteiger partial charge in [0.05, 0.1) is 0 Å². The lowest BCUT2D eigenvalue weighted by molar-refractivity contribution is 0.517. The summed E-state index contributed by atoms with van der Waals surface area (Å²) < 4.78 is 41.9. The van der Waals surface area contributed by atoms with Gasteiger partial charge in [-0.25, -0.2) is 17.9 Å². The molecule has 9 heteroatoms. The lowest BCUT2D eigenvalue weighted by atomic mass is 10.1. The number of nitrogens with one attached hydrogen (secondary N) is 1. The summed E-state index contributed by atoms with van der Waals surface area (Å²) in [4.78, 5) is 5.98. The van der Waals surface area contributed by atoms with Gasteiger partial charge in [0, 0.05) is 40.9 Å². The molecule has 3 N–H and O–H groups in total. The second-order valence-electron chi connectivity index (χ2n) is 6.10. The zero-order valence-corrected chi connectivity index (χ0v) is 13.5. The standard InChI is InChI=1S/C17H15F3N6.3H2/c18-10-1-2-16(15(20)5-10)26-9-22-17(24-26)23-13-3-11(19)4-14(6-13)25-7-12(21)8-25;;;/h1-6,9,12H,7-8,21H2,(H,23,24);3*1H. The average Bonchev–Trinajstić information content (AvgIpc) is 2.99. The maximum atomic E-state index is 13.9. The number of nitrogens with two attached hydrogens (primary N) is 1. The Kier molecular flexibility index (Phi) is 4.00. The highest BCUT2D eigenvalue weighted by atomic mass is 19.1. The van der Waals surface area contributed by atoms with Crippen molar-refractivity contribution in [2.75, 3.05) is 23.3 Å². The van der Waals surface area contributed by atoms with Gasteiger partial charge in [-0.2, -0.15) is 4.98 Å². The Morgan fingerprint density at radius 3 is 2.62 bits per heavy atom. The number of hydrogen-bond acceptors (Lipinski definition) is 5. The van der Waals surface area contributed by atoms with E-state index < -0.39 is 17.5 Å². The van der Waals surface area contributed by atoms with Crippen LogP contribution in [-0.4, -0.2) is 33.9 Å². The first-order valence-electron chi connectivity index (χ1n) is 7.93. The van der Waals surface area contributed by atoms with Crippen LogP contribution in [0.3, 0.4) is 0 Å². The summed E-state index contributed by atoms with van der Waals surface area (Å²) in [5.41, 5.74) is 6.98. The summed E-state index contributed by atoms with van der Waals surface area (Å²) in [7, 11) is 0. The lowest BCUT2D eigenvalue weighted by Crippen LogP contribution is -2.55. The molecular weight excluding hydrogens is 345 g/mol. The molecule has 1 aromatic heterocycles. The van der Waals surface area contributed by atoms with Gasteiger partial charge in [-0.15, -0.1) is 5.10 Å². The summed E-state index contributed by atoms with van der Waals surface area (Å²) in [6.45, 7) is 1.33. The van der Waals surface area contributed by atoms with Crippen molar-refractivity contribution in [2.24, 2.45) is 5.73 Å². The van der Waals surface area contributed by atoms with E-state index in [0.29, 0.717) is 24.5 Å². The molecule has 0 aliphatic carbocycles. The van der Waals surface area contributed by atoms with Crippen molar-refractivity contribution in [1.82, 2.24) is 14.8 Å². The van der Waals surface area contributed by atoms with Crippen LogP contribution in [-0.2, 0) is 0 Å². The molecule has 0 bridgehead atoms. The molecule has 6 nitrogen and oxygen atoms in total. The fourth-order valence-electron chi connectivity index (χ4n) is 2.78. The van der Waals surface area contributed by atoms with E-state index in [9.17, 15) is 13.2 Å². The molecule has 3 aromatic rings. The molecule has 0 saturated carbocycles. The van der Waals surface area contributed by atoms with Gasteiger partial charge in [-0.1, -0.05) is 0 Å². The van der Waals surface area contributed by atoms with Crippen molar-refractivity contribution in [2.45, 2.75) is 6.04 Å². The third-order valence-corrected chi connectivity index (χ3v) is 4.06. The minimum atomic E-state index is -0.761. The Bertz CT molecular complexity index is 965. The van der Waals surface area contributed by atoms with Gasteiger partial charge >= 0.3 is 0 Å². The molecule has 0 amide bonds. The van der Waals surface area contributed by atoms with Crippen molar-refractivity contribution in [1.29, 1.82) is 0 Å². The summed E-state index contributed by atoms with van der Waals surface area (Å²) in [6.07, 6.45) is 1.29. The molecule has 26 heavy (non-hydrogen) atoms. The van der Waals surface area contributed by atoms with Crippen LogP contribution in [0.15, 0.2) is 42.7 Å². The molecule has 0 spiro atoms. The quantitative estimate of drug-likeness (QED) is 0.741. The number of nitrogens with zero attached hydrogens (tertiary/aromatic N) is 4. The number of anilines is 3. The minimum absolute atomic E-state index is 0. The van der Waals surface area contributed by atoms with Crippen LogP contribution in [0.1, 0.15) is 4.28 Å². The van der Waals surface area contributed by atoms with Gasteiger partial charge in [-0.05, 0) is 30.3 Å². The normalized spacial score (nSPS) is 14.4. The largest absolute Gasteiger partial charge is 0.368 e. The van der Waals surface area contributed by atoms with Crippen molar-refractivity contribution in [3.05, 3.63) is 60.2 Å². The van der Waals surface area contributed by atoms with E-state index >= 15 is 0 Å². The zero-order chi connectivity index (χ0) is 18.3. The molecule has 4 rings (SSSR count). The van der Waals surface area contributed by atoms with E-state index in [1.807, 2.05) is 4.90 Å². The highest BCUT2D eigenvalue weighted by Crippen LogP contribution is 2.26. The Morgan fingerprint density at radius 2 is 1.88 bits per heavy atom. The molecule has 140 valence electrons. The Labute approximate surface area is 151 Å². The Hall–Kier alpha value is -3.07. The van der Waals surface area contributed by atoms with Gasteiger partial charge in [-0.3, -0.25) is 0 Å². The second kappa shape index (κ2) is 6.34. The molecule has 1 saturated heterocycles. The molecule has 0 unspecified atom stereocenters. The zero-order valence-electron chi connectivity index (χ0n) is 13.5. The first-order valence-corrected chi connectivity index (χ1v) is 7.93. The van der Waals surface area contributed by atoms with Gasteiger partial charge in [0.15, 0.2) is 5.82 Å². The number of benzene rings is 2. The monoisotopic (exact) mass is 366 g/mol. The summed E-state index contributed by atoms with van der Waals surface area (Å²) in [5.74, 6) is -1.69. The topological polar surface area (TPSA) is 72.0 Å². The predicted molar refractivity (Wildman–Crippen MR) is 97.5 cm³/mol. The van der Waals surface area contributed by atoms with Gasteiger partial charge in [0.1, 0.15) is 23.6 Å². The fraction of sp³-hybridized carbons (Fsp3) is 0.176. The van der Waals surface area contributed by atoms with E-state index in [0.717, 1.165) is 12.1 Å². The highest BCUT2D eigenvalue weighted by Gasteiger charge is 2.24. The fourth-order valence-corrected chi connectivity index (χ4v) is 2.78. The van der Waals surface area contributed by atoms with E-state index in [2.05, 4.69) is 15.4 Å². The first-order chi connectivity index (χ1) is 12.5. The molecule has 1 aliphatic heterocycles. The summed E-state index contributed by atoms with van der Waals surface area (Å²) in [6, 6.07) is 7.74. The first kappa shape index (κ1) is 16.4. The Morgan fingerprint density at radius 1 is 1.08 bits per heavy atom. The molecule has 1 aliphatic rings. The van der Waals surface area contributed by atoms with Gasteiger partial charge in [0.25, 0.3) is 0 Å². The average molecular weight is 366 g/mol. The number of hydrogen-bond donors (Lipinski definition) is 2. The maximum absolute atomic E-state index is 13.9. The maximum Gasteiger partial charge on any atom is 0.246 e. The lowest BCUT2D eigenvalue weighted by Gasteiger charge is -2.39. The van der Waals surface area contributed by atoms with Gasteiger partial charge < -0.3 is 16.0 Å². The number of rotatable bonds is 4. The third-order valence-electron chi connectivity index (χ3n) is 4.06. The van der Waals surface area contributed by atoms with Crippen molar-refractivity contribution >= 4 is 17.3 Å². The van der Waals surface area contributed by atoms with E-state index in [1.54, 1.807) is 6.07 Å². The van der Waals surface area contributed by atoms with Crippen LogP contribution in [0, 0.1) is 17.5 Å². The third kappa shape index (κ3) is 3.21. The van der Waals surface area contributed by atoms with E-state index in [4.69, 9.17) is 5.73 Å². The SMILES string of the molecule is NC1CN(c2cc(F)cc(Nc3ncn(-c4ccc(F)cc4F)n3)c2)C1.[HH].[HH].[HH]. The predicted octanol–water partition coefficient (Wildman–Crippen LogP) is 3.31. The Balaban J connectivity index is 0.00000140. The minimum Gasteiger partial charge on any atom is -0.368 e. The van der Waals surface area contributed by atoms with Crippen molar-refractivity contribution in [3.8, 4) is 5.69 Å². The second-order valence-corrected chi connectivity index (χ2v) is 6.10. The van der Waals surface area contributed by atoms with Crippen molar-refractivity contribution < 1.29 is 17.5 Å². The molecule has 1 fully saturated rings. The van der Waals surface area contributed by atoms with Crippen LogP contribution in [0.2, 0.25) is 0 Å². The molecular formula is C17H21F3N6. The van der Waals surface area contributed by atoms with Crippen LogP contribution in [0.5, 0.6) is 0 Å². The van der Waals surface area contributed by atoms with Gasteiger partial charge in [0.2, 0.25) is 5.95 Å². The number of aromatic nitrogens is 3. The van der Waals surface area contributed by atoms with Crippen LogP contribution < -0.4 is 16.0 Å². The van der Waals surface area contributed by atoms with Crippen LogP contribution in [0.4, 0.5) is 30.5 Å². The summed E-state index contributed by atoms with van der Waals surface area (Å²) >= 11 is 0. The molecule has 0 radical (unpaired) electrons. The van der Waals surface area contributed by atoms with Crippen LogP contribution in [0.25, 0.3) is 5.69 Å². The summed E-state index contributed by atoms with van der Waals surface area (Å²) in [5, 5.41) is 6.98. The number of halogens is 3. The van der Waals surface area contributed by atoms with Crippen LogP contribution >= 0.6 is 0 Å². The smallest absolute Gasteiger partial charge is 0.246 e. The highest BCUT2D eigenvalue weighted by molar-refractivity contribution is 5.63. The van der Waals surface area contributed by atoms with Crippen molar-refractivity contribution in [3.63, 3.8) is 0 Å². The molecule has 2 aromatic carbocycles. The van der Waals surface area contributed by atoms with E-state index in [-0.39, 0.29) is 22.0 Å². The molecule has 2 heterocycles. The van der Waals surface area contributed by atoms with E-state index in [1.165, 1.54) is 29.2 Å². The molecule has 0 atom stereocenters.